The van der Waals surface area contributed by atoms with Gasteiger partial charge >= 0.3 is 0 Å². The number of fused-ring (bicyclic) bond motifs is 1. The van der Waals surface area contributed by atoms with Gasteiger partial charge in [0.2, 0.25) is 5.91 Å². The van der Waals surface area contributed by atoms with Crippen molar-refractivity contribution in [1.82, 2.24) is 24.4 Å². The Bertz CT molecular complexity index is 1400. The molecule has 0 radical (unpaired) electrons. The maximum Gasteiger partial charge on any atom is 0.236 e. The van der Waals surface area contributed by atoms with Gasteiger partial charge < -0.3 is 20.3 Å². The number of carbonyl (C=O) groups is 1. The van der Waals surface area contributed by atoms with Crippen molar-refractivity contribution in [1.29, 1.82) is 0 Å². The molecule has 0 saturated carbocycles. The minimum absolute atomic E-state index is 0.140. The molecule has 192 valence electrons. The molecule has 1 amide bonds. The van der Waals surface area contributed by atoms with Crippen LogP contribution in [0, 0.1) is 5.82 Å². The van der Waals surface area contributed by atoms with Crippen LogP contribution in [0.2, 0.25) is 0 Å². The number of carbonyl (C=O) groups excluding carboxylic acids is 1. The minimum atomic E-state index is -0.447. The number of hydrogen-bond acceptors (Lipinski definition) is 6. The summed E-state index contributed by atoms with van der Waals surface area (Å²) in [5.74, 6) is 0.408. The number of likely N-dealkylation sites (N-methyl/N-ethyl adjacent to an activating group) is 1. The van der Waals surface area contributed by atoms with E-state index in [0.29, 0.717) is 36.5 Å². The first-order valence-corrected chi connectivity index (χ1v) is 12.4. The molecule has 1 aliphatic rings. The smallest absolute Gasteiger partial charge is 0.236 e. The molecule has 3 heterocycles. The number of amides is 1. The lowest BCUT2D eigenvalue weighted by Crippen LogP contribution is -2.42. The van der Waals surface area contributed by atoms with Gasteiger partial charge in [-0.05, 0) is 56.3 Å². The highest BCUT2D eigenvalue weighted by Gasteiger charge is 2.28. The molecule has 2 aromatic carbocycles. The number of piperidine rings is 1. The van der Waals surface area contributed by atoms with Crippen LogP contribution in [0.4, 0.5) is 10.2 Å². The van der Waals surface area contributed by atoms with E-state index in [4.69, 9.17) is 10.5 Å². The fraction of sp³-hybridized carbons (Fsp3) is 0.321. The Morgan fingerprint density at radius 2 is 1.89 bits per heavy atom. The van der Waals surface area contributed by atoms with Crippen LogP contribution in [0.15, 0.2) is 60.9 Å². The van der Waals surface area contributed by atoms with E-state index in [0.717, 1.165) is 29.7 Å². The van der Waals surface area contributed by atoms with Gasteiger partial charge in [0.1, 0.15) is 18.5 Å². The second-order valence-electron chi connectivity index (χ2n) is 9.70. The van der Waals surface area contributed by atoms with Gasteiger partial charge in [-0.3, -0.25) is 4.79 Å². The van der Waals surface area contributed by atoms with E-state index in [1.807, 2.05) is 70.9 Å². The van der Waals surface area contributed by atoms with Gasteiger partial charge in [-0.15, -0.1) is 0 Å². The lowest BCUT2D eigenvalue weighted by molar-refractivity contribution is -0.132. The molecule has 4 aromatic rings. The third-order valence-corrected chi connectivity index (χ3v) is 6.81. The number of hydrogen-bond donors (Lipinski definition) is 1. The molecule has 9 heteroatoms. The van der Waals surface area contributed by atoms with Crippen molar-refractivity contribution in [2.45, 2.75) is 25.4 Å². The highest BCUT2D eigenvalue weighted by molar-refractivity contribution is 5.88. The molecular formula is C28H31FN6O2. The van der Waals surface area contributed by atoms with E-state index in [2.05, 4.69) is 10.1 Å². The number of nitrogens with zero attached hydrogens (tertiary/aromatic N) is 5. The Balaban J connectivity index is 1.40. The number of nitrogen functional groups attached to an aromatic ring is 1. The number of ether oxygens (including phenoxy) is 1. The van der Waals surface area contributed by atoms with Gasteiger partial charge in [-0.1, -0.05) is 36.4 Å². The van der Waals surface area contributed by atoms with Crippen molar-refractivity contribution < 1.29 is 13.9 Å². The lowest BCUT2D eigenvalue weighted by atomic mass is 9.93. The second kappa shape index (κ2) is 10.6. The van der Waals surface area contributed by atoms with E-state index < -0.39 is 5.82 Å². The van der Waals surface area contributed by atoms with Crippen LogP contribution in [0.25, 0.3) is 16.6 Å². The maximum atomic E-state index is 15.1. The molecule has 0 atom stereocenters. The molecule has 1 saturated heterocycles. The van der Waals surface area contributed by atoms with Gasteiger partial charge in [0.15, 0.2) is 17.4 Å². The predicted molar refractivity (Wildman–Crippen MR) is 141 cm³/mol. The van der Waals surface area contributed by atoms with Gasteiger partial charge in [0.25, 0.3) is 0 Å². The Kier molecular flexibility index (Phi) is 7.05. The molecule has 5 rings (SSSR count). The lowest BCUT2D eigenvalue weighted by Gasteiger charge is -2.32. The number of rotatable bonds is 7. The number of aromatic nitrogens is 3. The zero-order chi connectivity index (χ0) is 25.9. The van der Waals surface area contributed by atoms with Crippen LogP contribution in [0.5, 0.6) is 5.75 Å². The monoisotopic (exact) mass is 502 g/mol. The quantitative estimate of drug-likeness (QED) is 0.412. The van der Waals surface area contributed by atoms with Crippen molar-refractivity contribution in [2.75, 3.05) is 39.5 Å². The van der Waals surface area contributed by atoms with Crippen LogP contribution in [-0.2, 0) is 11.4 Å². The van der Waals surface area contributed by atoms with E-state index in [1.165, 1.54) is 12.4 Å². The number of nitrogens with two attached hydrogens (primary N) is 1. The Hall–Kier alpha value is -3.98. The van der Waals surface area contributed by atoms with E-state index >= 15 is 4.39 Å². The van der Waals surface area contributed by atoms with Gasteiger partial charge in [0.05, 0.1) is 6.54 Å². The normalized spacial score (nSPS) is 14.4. The third kappa shape index (κ3) is 5.27. The van der Waals surface area contributed by atoms with E-state index in [-0.39, 0.29) is 24.2 Å². The van der Waals surface area contributed by atoms with Crippen molar-refractivity contribution in [2.24, 2.45) is 0 Å². The molecule has 8 nitrogen and oxygen atoms in total. The van der Waals surface area contributed by atoms with Crippen LogP contribution in [-0.4, -0.2) is 64.0 Å². The molecule has 37 heavy (non-hydrogen) atoms. The minimum Gasteiger partial charge on any atom is -0.486 e. The van der Waals surface area contributed by atoms with Crippen LogP contribution < -0.4 is 10.5 Å². The standard InChI is InChI=1S/C28H31FN6O2/c1-33(2)16-26(36)34-12-10-20(11-13-34)24-15-22(27-28(30)31-18-32-35(24)27)21-8-9-25(23(29)14-21)37-17-19-6-4-3-5-7-19/h3-9,14-15,18,20H,10-13,16-17H2,1-2H3,(H2,30,31,32). The first kappa shape index (κ1) is 24.7. The first-order valence-electron chi connectivity index (χ1n) is 12.4. The van der Waals surface area contributed by atoms with Gasteiger partial charge in [0, 0.05) is 30.3 Å². The number of likely N-dealkylation sites (tertiary alicyclic amines) is 1. The van der Waals surface area contributed by atoms with Gasteiger partial charge in [-0.25, -0.2) is 13.9 Å². The van der Waals surface area contributed by atoms with Crippen molar-refractivity contribution in [3.63, 3.8) is 0 Å². The predicted octanol–water partition coefficient (Wildman–Crippen LogP) is 3.96. The first-order chi connectivity index (χ1) is 17.9. The maximum absolute atomic E-state index is 15.1. The van der Waals surface area contributed by atoms with Gasteiger partial charge in [-0.2, -0.15) is 5.10 Å². The molecule has 1 aliphatic heterocycles. The van der Waals surface area contributed by atoms with E-state index in [1.54, 1.807) is 6.07 Å². The molecular weight excluding hydrogens is 471 g/mol. The molecule has 0 unspecified atom stereocenters. The van der Waals surface area contributed by atoms with Crippen molar-refractivity contribution >= 4 is 17.2 Å². The van der Waals surface area contributed by atoms with Crippen LogP contribution >= 0.6 is 0 Å². The summed E-state index contributed by atoms with van der Waals surface area (Å²) in [5, 5.41) is 4.48. The summed E-state index contributed by atoms with van der Waals surface area (Å²) in [6.07, 6.45) is 3.07. The summed E-state index contributed by atoms with van der Waals surface area (Å²) < 4.78 is 22.6. The number of benzene rings is 2. The summed E-state index contributed by atoms with van der Waals surface area (Å²) in [7, 11) is 3.79. The molecule has 0 spiro atoms. The summed E-state index contributed by atoms with van der Waals surface area (Å²) in [6.45, 7) is 2.06. The summed E-state index contributed by atoms with van der Waals surface area (Å²) in [6, 6.07) is 16.6. The highest BCUT2D eigenvalue weighted by Crippen LogP contribution is 2.37. The SMILES string of the molecule is CN(C)CC(=O)N1CCC(c2cc(-c3ccc(OCc4ccccc4)c(F)c3)c3c(N)ncnn23)CC1. The summed E-state index contributed by atoms with van der Waals surface area (Å²) >= 11 is 0. The van der Waals surface area contributed by atoms with Crippen LogP contribution in [0.3, 0.4) is 0 Å². The summed E-state index contributed by atoms with van der Waals surface area (Å²) in [5.41, 5.74) is 10.3. The highest BCUT2D eigenvalue weighted by atomic mass is 19.1. The van der Waals surface area contributed by atoms with Crippen molar-refractivity contribution in [3.8, 4) is 16.9 Å². The average Bonchev–Trinajstić information content (AvgIpc) is 3.29. The average molecular weight is 503 g/mol. The number of halogens is 1. The Morgan fingerprint density at radius 3 is 2.59 bits per heavy atom. The Morgan fingerprint density at radius 1 is 1.14 bits per heavy atom. The molecule has 0 aliphatic carbocycles. The fourth-order valence-corrected chi connectivity index (χ4v) is 4.92. The fourth-order valence-electron chi connectivity index (χ4n) is 4.92. The molecule has 0 bridgehead atoms. The zero-order valence-electron chi connectivity index (χ0n) is 21.1. The molecule has 2 N–H and O–H groups in total. The number of anilines is 1. The molecule has 2 aromatic heterocycles. The topological polar surface area (TPSA) is 89.0 Å². The molecule has 1 fully saturated rings. The van der Waals surface area contributed by atoms with E-state index in [9.17, 15) is 4.79 Å². The largest absolute Gasteiger partial charge is 0.486 e. The van der Waals surface area contributed by atoms with Crippen molar-refractivity contribution in [3.05, 3.63) is 78.0 Å². The zero-order valence-corrected chi connectivity index (χ0v) is 21.1. The Labute approximate surface area is 215 Å². The third-order valence-electron chi connectivity index (χ3n) is 6.81. The summed E-state index contributed by atoms with van der Waals surface area (Å²) in [4.78, 5) is 20.5. The second-order valence-corrected chi connectivity index (χ2v) is 9.70. The van der Waals surface area contributed by atoms with Crippen LogP contribution in [0.1, 0.15) is 30.0 Å².